The molecule has 6 heteroatoms. The fourth-order valence-corrected chi connectivity index (χ4v) is 4.45. The molecule has 19 heavy (non-hydrogen) atoms. The van der Waals surface area contributed by atoms with Gasteiger partial charge in [0.05, 0.1) is 11.5 Å². The van der Waals surface area contributed by atoms with Crippen LogP contribution in [-0.2, 0) is 9.84 Å². The van der Waals surface area contributed by atoms with Gasteiger partial charge in [0.15, 0.2) is 9.84 Å². The van der Waals surface area contributed by atoms with E-state index in [1.807, 2.05) is 0 Å². The number of rotatable bonds is 4. The average molecular weight is 289 g/mol. The molecular weight excluding hydrogens is 272 g/mol. The van der Waals surface area contributed by atoms with E-state index >= 15 is 0 Å². The lowest BCUT2D eigenvalue weighted by atomic mass is 9.94. The van der Waals surface area contributed by atoms with Gasteiger partial charge in [0.25, 0.3) is 0 Å². The van der Waals surface area contributed by atoms with E-state index in [9.17, 15) is 17.2 Å². The number of sulfone groups is 1. The molecule has 0 aliphatic carbocycles. The molecule has 1 aliphatic heterocycles. The van der Waals surface area contributed by atoms with Gasteiger partial charge in [0, 0.05) is 11.6 Å². The third kappa shape index (κ3) is 3.51. The molecule has 106 valence electrons. The Morgan fingerprint density at radius 3 is 2.74 bits per heavy atom. The number of nitrogens with one attached hydrogen (secondary N) is 1. The van der Waals surface area contributed by atoms with Crippen LogP contribution >= 0.6 is 0 Å². The maximum atomic E-state index is 13.7. The molecule has 1 heterocycles. The minimum absolute atomic E-state index is 0.00474. The quantitative estimate of drug-likeness (QED) is 0.923. The van der Waals surface area contributed by atoms with Crippen molar-refractivity contribution in [1.82, 2.24) is 5.32 Å². The largest absolute Gasteiger partial charge is 0.313 e. The highest BCUT2D eigenvalue weighted by Crippen LogP contribution is 2.30. The third-order valence-electron chi connectivity index (χ3n) is 3.58. The number of hydrogen-bond acceptors (Lipinski definition) is 3. The Bertz CT molecular complexity index is 560. The summed E-state index contributed by atoms with van der Waals surface area (Å²) in [6.07, 6.45) is 1.09. The Labute approximate surface area is 111 Å². The summed E-state index contributed by atoms with van der Waals surface area (Å²) in [5.41, 5.74) is 0.256. The van der Waals surface area contributed by atoms with E-state index < -0.39 is 21.5 Å². The van der Waals surface area contributed by atoms with Crippen molar-refractivity contribution >= 4 is 9.84 Å². The summed E-state index contributed by atoms with van der Waals surface area (Å²) in [7, 11) is -1.28. The monoisotopic (exact) mass is 289 g/mol. The fraction of sp³-hybridized carbons (Fsp3) is 0.538. The molecule has 0 radical (unpaired) electrons. The van der Waals surface area contributed by atoms with Crippen LogP contribution in [0.5, 0.6) is 0 Å². The van der Waals surface area contributed by atoms with Crippen LogP contribution < -0.4 is 5.32 Å². The summed E-state index contributed by atoms with van der Waals surface area (Å²) in [6, 6.07) is 2.97. The summed E-state index contributed by atoms with van der Waals surface area (Å²) in [6.45, 7) is 0. The Kier molecular flexibility index (Phi) is 4.20. The van der Waals surface area contributed by atoms with Gasteiger partial charge in [-0.2, -0.15) is 0 Å². The molecule has 3 nitrogen and oxygen atoms in total. The van der Waals surface area contributed by atoms with Crippen molar-refractivity contribution in [3.05, 3.63) is 35.4 Å². The van der Waals surface area contributed by atoms with E-state index in [1.54, 1.807) is 7.05 Å². The van der Waals surface area contributed by atoms with Gasteiger partial charge in [0.1, 0.15) is 11.6 Å². The number of halogens is 2. The normalized spacial score (nSPS) is 23.4. The number of hydrogen-bond donors (Lipinski definition) is 1. The molecule has 1 aliphatic rings. The Morgan fingerprint density at radius 1 is 1.42 bits per heavy atom. The van der Waals surface area contributed by atoms with E-state index in [1.165, 1.54) is 6.07 Å². The van der Waals surface area contributed by atoms with E-state index in [2.05, 4.69) is 5.32 Å². The summed E-state index contributed by atoms with van der Waals surface area (Å²) < 4.78 is 49.7. The molecule has 1 N–H and O–H groups in total. The van der Waals surface area contributed by atoms with Gasteiger partial charge >= 0.3 is 0 Å². The van der Waals surface area contributed by atoms with Crippen LogP contribution in [0, 0.1) is 17.6 Å². The summed E-state index contributed by atoms with van der Waals surface area (Å²) in [5, 5.41) is 2.94. The maximum absolute atomic E-state index is 13.7. The van der Waals surface area contributed by atoms with Gasteiger partial charge in [0.2, 0.25) is 0 Å². The molecule has 1 aromatic rings. The smallest absolute Gasteiger partial charge is 0.150 e. The van der Waals surface area contributed by atoms with E-state index in [0.717, 1.165) is 12.1 Å². The molecule has 1 fully saturated rings. The lowest BCUT2D eigenvalue weighted by Gasteiger charge is -2.20. The fourth-order valence-electron chi connectivity index (χ4n) is 2.57. The van der Waals surface area contributed by atoms with Crippen LogP contribution in [0.2, 0.25) is 0 Å². The van der Waals surface area contributed by atoms with Crippen molar-refractivity contribution in [3.8, 4) is 0 Å². The zero-order valence-electron chi connectivity index (χ0n) is 10.7. The van der Waals surface area contributed by atoms with Crippen molar-refractivity contribution in [1.29, 1.82) is 0 Å². The van der Waals surface area contributed by atoms with Gasteiger partial charge in [-0.05, 0) is 44.0 Å². The topological polar surface area (TPSA) is 46.2 Å². The Balaban J connectivity index is 2.14. The molecule has 1 saturated heterocycles. The van der Waals surface area contributed by atoms with E-state index in [4.69, 9.17) is 0 Å². The summed E-state index contributed by atoms with van der Waals surface area (Å²) in [4.78, 5) is 0. The lowest BCUT2D eigenvalue weighted by molar-refractivity contribution is 0.421. The van der Waals surface area contributed by atoms with Crippen LogP contribution in [0.15, 0.2) is 18.2 Å². The predicted octanol–water partition coefficient (Wildman–Crippen LogP) is 2.05. The van der Waals surface area contributed by atoms with Crippen LogP contribution in [0.4, 0.5) is 8.78 Å². The average Bonchev–Trinajstić information content (AvgIpc) is 2.69. The highest BCUT2D eigenvalue weighted by Gasteiger charge is 2.30. The van der Waals surface area contributed by atoms with Crippen LogP contribution in [-0.4, -0.2) is 27.0 Å². The van der Waals surface area contributed by atoms with Crippen molar-refractivity contribution in [3.63, 3.8) is 0 Å². The van der Waals surface area contributed by atoms with Gasteiger partial charge in [-0.25, -0.2) is 17.2 Å². The molecule has 0 saturated carbocycles. The molecule has 2 atom stereocenters. The zero-order chi connectivity index (χ0) is 14.0. The van der Waals surface area contributed by atoms with Crippen molar-refractivity contribution in [2.75, 3.05) is 18.6 Å². The van der Waals surface area contributed by atoms with E-state index in [-0.39, 0.29) is 29.0 Å². The first kappa shape index (κ1) is 14.4. The summed E-state index contributed by atoms with van der Waals surface area (Å²) in [5.74, 6) is -0.621. The molecule has 0 spiro atoms. The third-order valence-corrected chi connectivity index (χ3v) is 5.41. The zero-order valence-corrected chi connectivity index (χ0v) is 11.5. The highest BCUT2D eigenvalue weighted by molar-refractivity contribution is 7.91. The van der Waals surface area contributed by atoms with E-state index in [0.29, 0.717) is 12.8 Å². The van der Waals surface area contributed by atoms with Crippen LogP contribution in [0.25, 0.3) is 0 Å². The lowest BCUT2D eigenvalue weighted by Crippen LogP contribution is -2.21. The van der Waals surface area contributed by atoms with Crippen molar-refractivity contribution in [2.45, 2.75) is 18.9 Å². The van der Waals surface area contributed by atoms with Crippen molar-refractivity contribution in [2.24, 2.45) is 5.92 Å². The first-order valence-corrected chi connectivity index (χ1v) is 8.06. The van der Waals surface area contributed by atoms with Gasteiger partial charge in [-0.1, -0.05) is 0 Å². The maximum Gasteiger partial charge on any atom is 0.150 e. The molecule has 2 rings (SSSR count). The SMILES string of the molecule is CNC(CC1CCS(=O)(=O)C1)c1cc(F)ccc1F. The minimum Gasteiger partial charge on any atom is -0.313 e. The van der Waals surface area contributed by atoms with Crippen LogP contribution in [0.3, 0.4) is 0 Å². The first-order chi connectivity index (χ1) is 8.91. The molecular formula is C13H17F2NO2S. The molecule has 2 unspecified atom stereocenters. The van der Waals surface area contributed by atoms with Crippen LogP contribution in [0.1, 0.15) is 24.4 Å². The second-order valence-corrected chi connectivity index (χ2v) is 7.24. The number of benzene rings is 1. The second-order valence-electron chi connectivity index (χ2n) is 5.01. The predicted molar refractivity (Wildman–Crippen MR) is 69.5 cm³/mol. The van der Waals surface area contributed by atoms with Gasteiger partial charge in [-0.15, -0.1) is 0 Å². The van der Waals surface area contributed by atoms with Crippen molar-refractivity contribution < 1.29 is 17.2 Å². The Morgan fingerprint density at radius 2 is 2.16 bits per heavy atom. The Hall–Kier alpha value is -1.01. The molecule has 0 amide bonds. The standard InChI is InChI=1S/C13H17F2NO2S/c1-16-13(6-9-4-5-19(17,18)8-9)11-7-10(14)2-3-12(11)15/h2-3,7,9,13,16H,4-6,8H2,1H3. The molecule has 1 aromatic carbocycles. The molecule has 0 bridgehead atoms. The second kappa shape index (κ2) is 5.54. The van der Waals surface area contributed by atoms with Gasteiger partial charge < -0.3 is 5.32 Å². The minimum atomic E-state index is -2.95. The molecule has 0 aromatic heterocycles. The first-order valence-electron chi connectivity index (χ1n) is 6.24. The van der Waals surface area contributed by atoms with Gasteiger partial charge in [-0.3, -0.25) is 0 Å². The highest BCUT2D eigenvalue weighted by atomic mass is 32.2. The summed E-state index contributed by atoms with van der Waals surface area (Å²) >= 11 is 0.